The molecule has 0 rings (SSSR count). The third kappa shape index (κ3) is 7.40. The zero-order chi connectivity index (χ0) is 11.5. The van der Waals surface area contributed by atoms with E-state index in [0.29, 0.717) is 5.92 Å². The minimum Gasteiger partial charge on any atom is -0.411 e. The van der Waals surface area contributed by atoms with E-state index >= 15 is 0 Å². The van der Waals surface area contributed by atoms with Crippen molar-refractivity contribution in [2.45, 2.75) is 72.1 Å². The summed E-state index contributed by atoms with van der Waals surface area (Å²) >= 11 is 0. The Labute approximate surface area is 94.8 Å². The van der Waals surface area contributed by atoms with E-state index in [2.05, 4.69) is 19.0 Å². The molecule has 1 N–H and O–H groups in total. The summed E-state index contributed by atoms with van der Waals surface area (Å²) < 4.78 is 0. The van der Waals surface area contributed by atoms with Crippen LogP contribution in [0.5, 0.6) is 0 Å². The first-order valence-corrected chi connectivity index (χ1v) is 6.44. The van der Waals surface area contributed by atoms with Gasteiger partial charge in [0.1, 0.15) is 0 Å². The van der Waals surface area contributed by atoms with Crippen LogP contribution in [-0.4, -0.2) is 10.9 Å². The average Bonchev–Trinajstić information content (AvgIpc) is 2.27. The highest BCUT2D eigenvalue weighted by Gasteiger charge is 2.09. The maximum Gasteiger partial charge on any atom is 0.0570 e. The van der Waals surface area contributed by atoms with Gasteiger partial charge in [-0.3, -0.25) is 0 Å². The van der Waals surface area contributed by atoms with Crippen LogP contribution in [0.1, 0.15) is 72.1 Å². The molecule has 90 valence electrons. The average molecular weight is 213 g/mol. The standard InChI is InChI=1S/C13H27NO/c1-4-6-7-8-9-10-11-13(5-2)12(3)14-15/h13,15H,4-11H2,1-3H3/b14-12+. The fourth-order valence-electron chi connectivity index (χ4n) is 1.96. The van der Waals surface area contributed by atoms with Gasteiger partial charge in [0, 0.05) is 5.92 Å². The van der Waals surface area contributed by atoms with Gasteiger partial charge in [-0.25, -0.2) is 0 Å². The van der Waals surface area contributed by atoms with Crippen molar-refractivity contribution in [3.8, 4) is 0 Å². The van der Waals surface area contributed by atoms with Gasteiger partial charge >= 0.3 is 0 Å². The van der Waals surface area contributed by atoms with E-state index in [0.717, 1.165) is 12.1 Å². The van der Waals surface area contributed by atoms with Crippen LogP contribution in [0.4, 0.5) is 0 Å². The van der Waals surface area contributed by atoms with Gasteiger partial charge in [-0.1, -0.05) is 57.5 Å². The Morgan fingerprint density at radius 1 is 1.07 bits per heavy atom. The topological polar surface area (TPSA) is 32.6 Å². The zero-order valence-corrected chi connectivity index (χ0v) is 10.6. The first-order chi connectivity index (χ1) is 7.26. The largest absolute Gasteiger partial charge is 0.411 e. The Kier molecular flexibility index (Phi) is 9.65. The van der Waals surface area contributed by atoms with Crippen molar-refractivity contribution in [1.29, 1.82) is 0 Å². The summed E-state index contributed by atoms with van der Waals surface area (Å²) in [5.74, 6) is 0.487. The van der Waals surface area contributed by atoms with E-state index in [-0.39, 0.29) is 0 Å². The molecule has 0 aliphatic heterocycles. The van der Waals surface area contributed by atoms with E-state index in [9.17, 15) is 0 Å². The highest BCUT2D eigenvalue weighted by Crippen LogP contribution is 2.16. The molecule has 0 aliphatic carbocycles. The number of hydrogen-bond donors (Lipinski definition) is 1. The molecule has 0 heterocycles. The molecule has 0 aromatic carbocycles. The van der Waals surface area contributed by atoms with Crippen molar-refractivity contribution in [1.82, 2.24) is 0 Å². The molecule has 0 saturated heterocycles. The van der Waals surface area contributed by atoms with Gasteiger partial charge in [0.2, 0.25) is 0 Å². The second kappa shape index (κ2) is 10.0. The molecule has 2 nitrogen and oxygen atoms in total. The lowest BCUT2D eigenvalue weighted by Gasteiger charge is -2.12. The fourth-order valence-corrected chi connectivity index (χ4v) is 1.96. The van der Waals surface area contributed by atoms with Gasteiger partial charge in [-0.2, -0.15) is 0 Å². The van der Waals surface area contributed by atoms with Crippen molar-refractivity contribution in [2.24, 2.45) is 11.1 Å². The minimum absolute atomic E-state index is 0.487. The summed E-state index contributed by atoms with van der Waals surface area (Å²) in [6.45, 7) is 6.33. The molecule has 0 fully saturated rings. The summed E-state index contributed by atoms with van der Waals surface area (Å²) in [7, 11) is 0. The van der Waals surface area contributed by atoms with Gasteiger partial charge in [0.25, 0.3) is 0 Å². The van der Waals surface area contributed by atoms with Gasteiger partial charge in [0.05, 0.1) is 5.71 Å². The summed E-state index contributed by atoms with van der Waals surface area (Å²) in [6.07, 6.45) is 10.3. The van der Waals surface area contributed by atoms with Crippen LogP contribution in [0.25, 0.3) is 0 Å². The minimum atomic E-state index is 0.487. The number of hydrogen-bond acceptors (Lipinski definition) is 2. The molecule has 1 atom stereocenters. The Morgan fingerprint density at radius 3 is 2.20 bits per heavy atom. The molecule has 0 amide bonds. The van der Waals surface area contributed by atoms with Crippen LogP contribution in [0, 0.1) is 5.92 Å². The molecule has 2 heteroatoms. The summed E-state index contributed by atoms with van der Waals surface area (Å²) in [4.78, 5) is 0. The van der Waals surface area contributed by atoms with Crippen molar-refractivity contribution in [3.05, 3.63) is 0 Å². The van der Waals surface area contributed by atoms with Crippen molar-refractivity contribution in [3.63, 3.8) is 0 Å². The van der Waals surface area contributed by atoms with Crippen LogP contribution < -0.4 is 0 Å². The zero-order valence-electron chi connectivity index (χ0n) is 10.6. The Morgan fingerprint density at radius 2 is 1.67 bits per heavy atom. The normalized spacial score (nSPS) is 14.2. The van der Waals surface area contributed by atoms with Crippen LogP contribution in [0.15, 0.2) is 5.16 Å². The molecule has 0 radical (unpaired) electrons. The van der Waals surface area contributed by atoms with E-state index in [1.54, 1.807) is 0 Å². The van der Waals surface area contributed by atoms with E-state index in [1.165, 1.54) is 44.9 Å². The quantitative estimate of drug-likeness (QED) is 0.258. The Hall–Kier alpha value is -0.530. The predicted molar refractivity (Wildman–Crippen MR) is 66.7 cm³/mol. The number of nitrogens with zero attached hydrogens (tertiary/aromatic N) is 1. The van der Waals surface area contributed by atoms with Crippen molar-refractivity contribution >= 4 is 5.71 Å². The van der Waals surface area contributed by atoms with Gasteiger partial charge in [-0.05, 0) is 19.8 Å². The van der Waals surface area contributed by atoms with Crippen molar-refractivity contribution < 1.29 is 5.21 Å². The molecular formula is C13H27NO. The smallest absolute Gasteiger partial charge is 0.0570 e. The molecule has 0 aromatic rings. The lowest BCUT2D eigenvalue weighted by atomic mass is 9.94. The highest BCUT2D eigenvalue weighted by atomic mass is 16.4. The van der Waals surface area contributed by atoms with Gasteiger partial charge in [-0.15, -0.1) is 0 Å². The summed E-state index contributed by atoms with van der Waals surface area (Å²) in [5, 5.41) is 12.0. The molecule has 0 bridgehead atoms. The van der Waals surface area contributed by atoms with E-state index < -0.39 is 0 Å². The molecule has 15 heavy (non-hydrogen) atoms. The molecule has 0 saturated carbocycles. The molecule has 0 aliphatic rings. The SMILES string of the molecule is CCCCCCCCC(CC)/C(C)=N/O. The monoisotopic (exact) mass is 213 g/mol. The fraction of sp³-hybridized carbons (Fsp3) is 0.923. The second-order valence-electron chi connectivity index (χ2n) is 4.40. The molecule has 0 aromatic heterocycles. The lowest BCUT2D eigenvalue weighted by Crippen LogP contribution is -2.10. The summed E-state index contributed by atoms with van der Waals surface area (Å²) in [5.41, 5.74) is 0.894. The van der Waals surface area contributed by atoms with Crippen LogP contribution in [-0.2, 0) is 0 Å². The number of oxime groups is 1. The van der Waals surface area contributed by atoms with Crippen LogP contribution in [0.3, 0.4) is 0 Å². The third-order valence-electron chi connectivity index (χ3n) is 3.15. The van der Waals surface area contributed by atoms with Gasteiger partial charge in [0.15, 0.2) is 0 Å². The van der Waals surface area contributed by atoms with Crippen molar-refractivity contribution in [2.75, 3.05) is 0 Å². The highest BCUT2D eigenvalue weighted by molar-refractivity contribution is 5.83. The first kappa shape index (κ1) is 14.5. The molecular weight excluding hydrogens is 186 g/mol. The lowest BCUT2D eigenvalue weighted by molar-refractivity contribution is 0.313. The Balaban J connectivity index is 3.47. The van der Waals surface area contributed by atoms with E-state index in [4.69, 9.17) is 5.21 Å². The third-order valence-corrected chi connectivity index (χ3v) is 3.15. The second-order valence-corrected chi connectivity index (χ2v) is 4.40. The van der Waals surface area contributed by atoms with Gasteiger partial charge < -0.3 is 5.21 Å². The Bertz CT molecular complexity index is 166. The maximum absolute atomic E-state index is 8.70. The molecule has 1 unspecified atom stereocenters. The first-order valence-electron chi connectivity index (χ1n) is 6.44. The summed E-state index contributed by atoms with van der Waals surface area (Å²) in [6, 6.07) is 0. The van der Waals surface area contributed by atoms with Crippen LogP contribution >= 0.6 is 0 Å². The number of unbranched alkanes of at least 4 members (excludes halogenated alkanes) is 5. The molecule has 0 spiro atoms. The number of rotatable bonds is 9. The predicted octanol–water partition coefficient (Wildman–Crippen LogP) is 4.61. The van der Waals surface area contributed by atoms with E-state index in [1.807, 2.05) is 6.92 Å². The maximum atomic E-state index is 8.70. The van der Waals surface area contributed by atoms with Crippen LogP contribution in [0.2, 0.25) is 0 Å².